The largest absolute Gasteiger partial charge is 0.496 e. The average Bonchev–Trinajstić information content (AvgIpc) is 3.66. The Hall–Kier alpha value is -6.48. The lowest BCUT2D eigenvalue weighted by Crippen LogP contribution is -2.45. The fourth-order valence-electron chi connectivity index (χ4n) is 7.72. The normalized spacial score (nSPS) is 13.8. The Balaban J connectivity index is 1.08. The molecule has 7 aromatic rings. The standard InChI is InChI=1S/C48H47FN6O6S/c1-30-25-36(59-24-23-55-21-19-54(3)20-22-55)26-31(2)41(30)42-43-46(51-29-52-47(43)62-44(42)32-13-15-34(49)16-14-32)61-40(48(56)57)27-33-9-5-7-11-38(33)60-28-35-17-18-50-45(53-35)37-10-6-8-12-39(37)58-4/h5-18,25-26,29,40H,19-24,27-28H2,1-4H3,(H,56,57)/t40-/m1/s1. The van der Waals surface area contributed by atoms with Crippen molar-refractivity contribution >= 4 is 27.5 Å². The second-order valence-corrected chi connectivity index (χ2v) is 16.2. The van der Waals surface area contributed by atoms with Gasteiger partial charge in [-0.05, 0) is 97.2 Å². The van der Waals surface area contributed by atoms with Crippen LogP contribution in [-0.2, 0) is 17.8 Å². The predicted octanol–water partition coefficient (Wildman–Crippen LogP) is 8.53. The van der Waals surface area contributed by atoms with Crippen molar-refractivity contribution in [2.75, 3.05) is 53.5 Å². The van der Waals surface area contributed by atoms with Crippen LogP contribution >= 0.6 is 11.3 Å². The summed E-state index contributed by atoms with van der Waals surface area (Å²) >= 11 is 1.41. The summed E-state index contributed by atoms with van der Waals surface area (Å²) in [5.41, 5.74) is 6.34. The van der Waals surface area contributed by atoms with Crippen LogP contribution in [0.3, 0.4) is 0 Å². The molecule has 318 valence electrons. The molecule has 4 heterocycles. The molecule has 0 amide bonds. The predicted molar refractivity (Wildman–Crippen MR) is 238 cm³/mol. The molecular weight excluding hydrogens is 808 g/mol. The number of ether oxygens (including phenoxy) is 4. The Labute approximate surface area is 363 Å². The first kappa shape index (κ1) is 42.2. The molecule has 3 aromatic heterocycles. The number of carboxylic acid groups (broad SMARTS) is 1. The van der Waals surface area contributed by atoms with Gasteiger partial charge in [-0.3, -0.25) is 4.90 Å². The minimum Gasteiger partial charge on any atom is -0.496 e. The lowest BCUT2D eigenvalue weighted by molar-refractivity contribution is -0.145. The van der Waals surface area contributed by atoms with Gasteiger partial charge in [0.1, 0.15) is 47.4 Å². The van der Waals surface area contributed by atoms with Crippen LogP contribution in [0.5, 0.6) is 23.1 Å². The van der Waals surface area contributed by atoms with E-state index in [2.05, 4.69) is 31.8 Å². The Bertz CT molecular complexity index is 2660. The van der Waals surface area contributed by atoms with Crippen LogP contribution in [0.2, 0.25) is 0 Å². The van der Waals surface area contributed by atoms with E-state index in [9.17, 15) is 14.3 Å². The summed E-state index contributed by atoms with van der Waals surface area (Å²) in [4.78, 5) is 37.5. The van der Waals surface area contributed by atoms with Crippen molar-refractivity contribution in [1.82, 2.24) is 29.7 Å². The molecule has 0 spiro atoms. The minimum atomic E-state index is -1.35. The van der Waals surface area contributed by atoms with E-state index in [-0.39, 0.29) is 24.7 Å². The number of benzene rings is 4. The quantitative estimate of drug-likeness (QED) is 0.1000. The maximum absolute atomic E-state index is 14.2. The number of halogens is 1. The topological polar surface area (TPSA) is 132 Å². The van der Waals surface area contributed by atoms with Crippen molar-refractivity contribution in [3.8, 4) is 56.1 Å². The summed E-state index contributed by atoms with van der Waals surface area (Å²) in [6.45, 7) is 9.67. The molecule has 62 heavy (non-hydrogen) atoms. The van der Waals surface area contributed by atoms with Gasteiger partial charge >= 0.3 is 5.97 Å². The van der Waals surface area contributed by atoms with Crippen molar-refractivity contribution in [2.45, 2.75) is 33.0 Å². The molecule has 0 aliphatic carbocycles. The van der Waals surface area contributed by atoms with Crippen molar-refractivity contribution in [3.63, 3.8) is 0 Å². The van der Waals surface area contributed by atoms with Gasteiger partial charge in [0.05, 0.1) is 23.8 Å². The lowest BCUT2D eigenvalue weighted by atomic mass is 9.92. The Morgan fingerprint density at radius 3 is 2.34 bits per heavy atom. The number of carboxylic acids is 1. The number of hydrogen-bond donors (Lipinski definition) is 1. The number of nitrogens with zero attached hydrogens (tertiary/aromatic N) is 6. The Morgan fingerprint density at radius 2 is 1.60 bits per heavy atom. The maximum atomic E-state index is 14.2. The Morgan fingerprint density at radius 1 is 0.871 bits per heavy atom. The van der Waals surface area contributed by atoms with E-state index in [0.29, 0.717) is 45.4 Å². The zero-order chi connectivity index (χ0) is 43.2. The molecule has 1 aliphatic heterocycles. The highest BCUT2D eigenvalue weighted by Crippen LogP contribution is 2.49. The van der Waals surface area contributed by atoms with Crippen LogP contribution in [0.1, 0.15) is 22.4 Å². The number of fused-ring (bicyclic) bond motifs is 1. The highest BCUT2D eigenvalue weighted by Gasteiger charge is 2.28. The number of rotatable bonds is 16. The number of aliphatic carboxylic acids is 1. The van der Waals surface area contributed by atoms with Crippen LogP contribution in [0.25, 0.3) is 43.2 Å². The number of methoxy groups -OCH3 is 1. The van der Waals surface area contributed by atoms with Crippen LogP contribution in [0.15, 0.2) is 104 Å². The summed E-state index contributed by atoms with van der Waals surface area (Å²) < 4.78 is 38.7. The smallest absolute Gasteiger partial charge is 0.345 e. The third-order valence-electron chi connectivity index (χ3n) is 10.9. The first-order valence-electron chi connectivity index (χ1n) is 20.4. The average molecular weight is 855 g/mol. The third kappa shape index (κ3) is 9.52. The molecular formula is C48H47FN6O6S. The van der Waals surface area contributed by atoms with Gasteiger partial charge in [-0.2, -0.15) is 0 Å². The maximum Gasteiger partial charge on any atom is 0.345 e. The molecule has 4 aromatic carbocycles. The highest BCUT2D eigenvalue weighted by molar-refractivity contribution is 7.22. The van der Waals surface area contributed by atoms with Gasteiger partial charge < -0.3 is 29.0 Å². The molecule has 12 nitrogen and oxygen atoms in total. The van der Waals surface area contributed by atoms with Gasteiger partial charge in [-0.15, -0.1) is 11.3 Å². The summed E-state index contributed by atoms with van der Waals surface area (Å²) in [7, 11) is 3.74. The number of para-hydroxylation sites is 2. The van der Waals surface area contributed by atoms with Crippen LogP contribution in [-0.4, -0.2) is 100 Å². The second kappa shape index (κ2) is 19.1. The fraction of sp³-hybridized carbons (Fsp3) is 0.271. The third-order valence-corrected chi connectivity index (χ3v) is 12.1. The molecule has 0 radical (unpaired) electrons. The molecule has 1 atom stereocenters. The molecule has 14 heteroatoms. The van der Waals surface area contributed by atoms with E-state index in [1.807, 2.05) is 68.4 Å². The first-order chi connectivity index (χ1) is 30.1. The molecule has 1 saturated heterocycles. The van der Waals surface area contributed by atoms with Crippen LogP contribution < -0.4 is 18.9 Å². The minimum absolute atomic E-state index is 0.0320. The van der Waals surface area contributed by atoms with Gasteiger partial charge in [-0.25, -0.2) is 29.1 Å². The number of hydrogen-bond acceptors (Lipinski definition) is 12. The number of aromatic nitrogens is 4. The zero-order valence-corrected chi connectivity index (χ0v) is 35.8. The fourth-order valence-corrected chi connectivity index (χ4v) is 8.86. The lowest BCUT2D eigenvalue weighted by Gasteiger charge is -2.32. The number of thiophene rings is 1. The molecule has 0 unspecified atom stereocenters. The molecule has 0 bridgehead atoms. The van der Waals surface area contributed by atoms with E-state index in [0.717, 1.165) is 76.7 Å². The van der Waals surface area contributed by atoms with E-state index in [4.69, 9.17) is 23.9 Å². The summed E-state index contributed by atoms with van der Waals surface area (Å²) in [6, 6.07) is 26.9. The summed E-state index contributed by atoms with van der Waals surface area (Å²) in [6.07, 6.45) is 1.66. The molecule has 1 aliphatic rings. The van der Waals surface area contributed by atoms with Gasteiger partial charge in [0.25, 0.3) is 0 Å². The van der Waals surface area contributed by atoms with Gasteiger partial charge in [0.15, 0.2) is 5.82 Å². The number of aryl methyl sites for hydroxylation is 2. The first-order valence-corrected chi connectivity index (χ1v) is 21.2. The highest BCUT2D eigenvalue weighted by atomic mass is 32.1. The van der Waals surface area contributed by atoms with Crippen molar-refractivity contribution < 1.29 is 33.2 Å². The number of piperazine rings is 1. The summed E-state index contributed by atoms with van der Waals surface area (Å²) in [5, 5.41) is 11.2. The van der Waals surface area contributed by atoms with Crippen molar-refractivity contribution in [2.24, 2.45) is 0 Å². The Kier molecular flexibility index (Phi) is 13.0. The van der Waals surface area contributed by atoms with E-state index in [1.165, 1.54) is 29.8 Å². The SMILES string of the molecule is COc1ccccc1-c1nccc(COc2ccccc2C[C@@H](Oc2ncnc3sc(-c4ccc(F)cc4)c(-c4c(C)cc(OCCN5CCN(C)CC5)cc4C)c23)C(=O)O)n1. The van der Waals surface area contributed by atoms with Crippen molar-refractivity contribution in [1.29, 1.82) is 0 Å². The van der Waals surface area contributed by atoms with Gasteiger partial charge in [-0.1, -0.05) is 42.5 Å². The molecule has 1 N–H and O–H groups in total. The molecule has 0 saturated carbocycles. The molecule has 1 fully saturated rings. The van der Waals surface area contributed by atoms with E-state index < -0.39 is 12.1 Å². The van der Waals surface area contributed by atoms with E-state index >= 15 is 0 Å². The van der Waals surface area contributed by atoms with Crippen LogP contribution in [0, 0.1) is 19.7 Å². The number of carbonyl (C=O) groups is 1. The number of likely N-dealkylation sites (N-methyl/N-ethyl adjacent to an activating group) is 1. The van der Waals surface area contributed by atoms with Crippen molar-refractivity contribution in [3.05, 3.63) is 132 Å². The van der Waals surface area contributed by atoms with E-state index in [1.54, 1.807) is 37.6 Å². The second-order valence-electron chi connectivity index (χ2n) is 15.2. The summed E-state index contributed by atoms with van der Waals surface area (Å²) in [5.74, 6) is 0.985. The monoisotopic (exact) mass is 854 g/mol. The molecule has 8 rings (SSSR count). The van der Waals surface area contributed by atoms with Gasteiger partial charge in [0.2, 0.25) is 12.0 Å². The van der Waals surface area contributed by atoms with Gasteiger partial charge in [0, 0.05) is 55.8 Å². The zero-order valence-electron chi connectivity index (χ0n) is 35.0. The van der Waals surface area contributed by atoms with Crippen LogP contribution in [0.4, 0.5) is 4.39 Å².